The maximum absolute atomic E-state index is 6.10. The Kier molecular flexibility index (Phi) is 5.09. The Morgan fingerprint density at radius 1 is 1.06 bits per heavy atom. The molecule has 1 nitrogen and oxygen atoms in total. The molecule has 2 rings (SSSR count). The smallest absolute Gasteiger partial charge is 0.0675 e. The lowest BCUT2D eigenvalue weighted by atomic mass is 10.1. The fraction of sp³-hybridized carbons (Fsp3) is 0.0909. The van der Waals surface area contributed by atoms with Crippen LogP contribution in [0.15, 0.2) is 35.7 Å². The van der Waals surface area contributed by atoms with Gasteiger partial charge in [-0.25, -0.2) is 0 Å². The first kappa shape index (κ1) is 13.8. The van der Waals surface area contributed by atoms with E-state index in [2.05, 4.69) is 0 Å². The van der Waals surface area contributed by atoms with Gasteiger partial charge in [-0.05, 0) is 23.6 Å². The Labute approximate surface area is 115 Å². The fourth-order valence-electron chi connectivity index (χ4n) is 1.42. The summed E-state index contributed by atoms with van der Waals surface area (Å²) in [6.45, 7) is 0. The van der Waals surface area contributed by atoms with Crippen LogP contribution in [0.2, 0.25) is 10.0 Å². The van der Waals surface area contributed by atoms with Crippen LogP contribution in [0.25, 0.3) is 0 Å². The summed E-state index contributed by atoms with van der Waals surface area (Å²) in [6, 6.07) is 9.12. The molecule has 16 heavy (non-hydrogen) atoms. The molecule has 86 valence electrons. The molecule has 0 unspecified atom stereocenters. The molecule has 1 aromatic heterocycles. The normalized spacial score (nSPS) is 11.9. The van der Waals surface area contributed by atoms with Crippen molar-refractivity contribution in [3.8, 4) is 0 Å². The van der Waals surface area contributed by atoms with Crippen molar-refractivity contribution in [3.63, 3.8) is 0 Å². The average Bonchev–Trinajstić information content (AvgIpc) is 2.69. The first-order chi connectivity index (χ1) is 7.20. The maximum Gasteiger partial charge on any atom is 0.0675 e. The molecule has 0 amide bonds. The van der Waals surface area contributed by atoms with Gasteiger partial charge in [0.15, 0.2) is 0 Å². The van der Waals surface area contributed by atoms with Gasteiger partial charge in [-0.1, -0.05) is 35.3 Å². The molecule has 1 heterocycles. The Morgan fingerprint density at radius 2 is 1.69 bits per heavy atom. The molecule has 2 aromatic rings. The quantitative estimate of drug-likeness (QED) is 0.865. The zero-order valence-electron chi connectivity index (χ0n) is 8.19. The van der Waals surface area contributed by atoms with Gasteiger partial charge in [0.25, 0.3) is 0 Å². The van der Waals surface area contributed by atoms with E-state index >= 15 is 0 Å². The van der Waals surface area contributed by atoms with Crippen LogP contribution in [0.5, 0.6) is 0 Å². The second-order valence-corrected chi connectivity index (χ2v) is 4.92. The van der Waals surface area contributed by atoms with E-state index in [9.17, 15) is 0 Å². The Bertz CT molecular complexity index is 436. The van der Waals surface area contributed by atoms with Crippen LogP contribution in [-0.2, 0) is 0 Å². The van der Waals surface area contributed by atoms with Gasteiger partial charge in [-0.3, -0.25) is 0 Å². The number of hydrogen-bond donors (Lipinski definition) is 1. The van der Waals surface area contributed by atoms with Crippen LogP contribution in [0.1, 0.15) is 16.5 Å². The summed E-state index contributed by atoms with van der Waals surface area (Å²) in [5.74, 6) is 0. The first-order valence-electron chi connectivity index (χ1n) is 4.43. The van der Waals surface area contributed by atoms with Gasteiger partial charge in [-0.2, -0.15) is 0 Å². The van der Waals surface area contributed by atoms with E-state index in [1.165, 1.54) is 0 Å². The zero-order valence-corrected chi connectivity index (χ0v) is 11.3. The first-order valence-corrected chi connectivity index (χ1v) is 6.06. The number of thiophene rings is 1. The Hall–Kier alpha value is -0.250. The second-order valence-electron chi connectivity index (χ2n) is 3.13. The number of hydrogen-bond acceptors (Lipinski definition) is 2. The number of benzene rings is 1. The minimum atomic E-state index is -0.244. The molecule has 0 fully saturated rings. The van der Waals surface area contributed by atoms with Crippen LogP contribution in [-0.4, -0.2) is 0 Å². The highest BCUT2D eigenvalue weighted by Gasteiger charge is 2.16. The summed E-state index contributed by atoms with van der Waals surface area (Å²) in [7, 11) is 0. The van der Waals surface area contributed by atoms with Gasteiger partial charge in [0.05, 0.1) is 6.04 Å². The molecule has 5 heteroatoms. The van der Waals surface area contributed by atoms with Crippen molar-refractivity contribution >= 4 is 46.9 Å². The van der Waals surface area contributed by atoms with E-state index in [1.54, 1.807) is 23.5 Å². The largest absolute Gasteiger partial charge is 0.320 e. The molecular weight excluding hydrogens is 285 g/mol. The third-order valence-electron chi connectivity index (χ3n) is 2.16. The molecule has 0 bridgehead atoms. The highest BCUT2D eigenvalue weighted by atomic mass is 35.5. The molecule has 0 radical (unpaired) electrons. The van der Waals surface area contributed by atoms with Gasteiger partial charge < -0.3 is 5.73 Å². The molecule has 2 N–H and O–H groups in total. The highest BCUT2D eigenvalue weighted by Crippen LogP contribution is 2.33. The van der Waals surface area contributed by atoms with Crippen LogP contribution in [0.4, 0.5) is 0 Å². The van der Waals surface area contributed by atoms with Crippen LogP contribution < -0.4 is 5.73 Å². The van der Waals surface area contributed by atoms with E-state index in [-0.39, 0.29) is 18.4 Å². The molecule has 0 saturated carbocycles. The lowest BCUT2D eigenvalue weighted by Crippen LogP contribution is -2.11. The van der Waals surface area contributed by atoms with E-state index in [0.29, 0.717) is 10.0 Å². The van der Waals surface area contributed by atoms with E-state index < -0.39 is 0 Å². The summed E-state index contributed by atoms with van der Waals surface area (Å²) in [5.41, 5.74) is 6.90. The summed E-state index contributed by atoms with van der Waals surface area (Å²) in [6.07, 6.45) is 0. The molecule has 0 spiro atoms. The summed E-state index contributed by atoms with van der Waals surface area (Å²) >= 11 is 13.8. The number of nitrogens with two attached hydrogens (primary N) is 1. The van der Waals surface area contributed by atoms with Crippen molar-refractivity contribution in [2.45, 2.75) is 6.04 Å². The molecule has 0 aliphatic rings. The minimum Gasteiger partial charge on any atom is -0.320 e. The standard InChI is InChI=1S/C11H9Cl2NS.ClH/c12-7-3-1-4-8(13)10(7)11(14)9-5-2-6-15-9;/h1-6,11H,14H2;1H/t11-;/m1./s1. The van der Waals surface area contributed by atoms with Crippen molar-refractivity contribution in [1.82, 2.24) is 0 Å². The molecule has 0 aliphatic carbocycles. The van der Waals surface area contributed by atoms with Gasteiger partial charge >= 0.3 is 0 Å². The second kappa shape index (κ2) is 5.89. The summed E-state index contributed by atoms with van der Waals surface area (Å²) in [4.78, 5) is 1.06. The lowest BCUT2D eigenvalue weighted by Gasteiger charge is -2.13. The van der Waals surface area contributed by atoms with Gasteiger partial charge in [0, 0.05) is 20.5 Å². The molecule has 1 atom stereocenters. The van der Waals surface area contributed by atoms with E-state index in [0.717, 1.165) is 10.4 Å². The molecule has 1 aromatic carbocycles. The van der Waals surface area contributed by atoms with Crippen molar-refractivity contribution < 1.29 is 0 Å². The predicted molar refractivity (Wildman–Crippen MR) is 74.1 cm³/mol. The van der Waals surface area contributed by atoms with Gasteiger partial charge in [0.2, 0.25) is 0 Å². The van der Waals surface area contributed by atoms with E-state index in [4.69, 9.17) is 28.9 Å². The maximum atomic E-state index is 6.10. The van der Waals surface area contributed by atoms with E-state index in [1.807, 2.05) is 23.6 Å². The molecular formula is C11H10Cl3NS. The van der Waals surface area contributed by atoms with Crippen LogP contribution in [0, 0.1) is 0 Å². The minimum absolute atomic E-state index is 0. The Balaban J connectivity index is 0.00000128. The SMILES string of the molecule is Cl.N[C@H](c1cccs1)c1c(Cl)cccc1Cl. The van der Waals surface area contributed by atoms with Gasteiger partial charge in [0.1, 0.15) is 0 Å². The van der Waals surface area contributed by atoms with Crippen molar-refractivity contribution in [3.05, 3.63) is 56.2 Å². The van der Waals surface area contributed by atoms with Crippen LogP contribution >= 0.6 is 46.9 Å². The third kappa shape index (κ3) is 2.70. The monoisotopic (exact) mass is 293 g/mol. The number of halogens is 3. The van der Waals surface area contributed by atoms with Crippen molar-refractivity contribution in [1.29, 1.82) is 0 Å². The number of rotatable bonds is 2. The topological polar surface area (TPSA) is 26.0 Å². The van der Waals surface area contributed by atoms with Crippen LogP contribution in [0.3, 0.4) is 0 Å². The summed E-state index contributed by atoms with van der Waals surface area (Å²) < 4.78 is 0. The zero-order chi connectivity index (χ0) is 10.8. The fourth-order valence-corrected chi connectivity index (χ4v) is 2.79. The van der Waals surface area contributed by atoms with Crippen molar-refractivity contribution in [2.24, 2.45) is 5.73 Å². The molecule has 0 aliphatic heterocycles. The van der Waals surface area contributed by atoms with Gasteiger partial charge in [-0.15, -0.1) is 23.7 Å². The third-order valence-corrected chi connectivity index (χ3v) is 3.77. The highest BCUT2D eigenvalue weighted by molar-refractivity contribution is 7.10. The lowest BCUT2D eigenvalue weighted by molar-refractivity contribution is 0.894. The molecule has 0 saturated heterocycles. The van der Waals surface area contributed by atoms with Crippen molar-refractivity contribution in [2.75, 3.05) is 0 Å². The average molecular weight is 295 g/mol. The summed E-state index contributed by atoms with van der Waals surface area (Å²) in [5, 5.41) is 3.21. The predicted octanol–water partition coefficient (Wildman–Crippen LogP) is 4.52. The Morgan fingerprint density at radius 3 is 2.19 bits per heavy atom.